The van der Waals surface area contributed by atoms with Gasteiger partial charge >= 0.3 is 0 Å². The first-order chi connectivity index (χ1) is 10.6. The van der Waals surface area contributed by atoms with Crippen LogP contribution in [0, 0.1) is 0 Å². The zero-order valence-electron chi connectivity index (χ0n) is 12.8. The number of hydrogen-bond acceptors (Lipinski definition) is 5. The molecule has 126 valence electrons. The Labute approximate surface area is 144 Å². The van der Waals surface area contributed by atoms with Gasteiger partial charge in [-0.25, -0.2) is 4.98 Å². The van der Waals surface area contributed by atoms with Crippen molar-refractivity contribution >= 4 is 39.9 Å². The molecule has 0 unspecified atom stereocenters. The van der Waals surface area contributed by atoms with Crippen molar-refractivity contribution in [3.8, 4) is 0 Å². The van der Waals surface area contributed by atoms with Gasteiger partial charge in [0, 0.05) is 19.5 Å². The molecule has 0 radical (unpaired) electrons. The number of halogens is 1. The smallest absolute Gasteiger partial charge is 0.262 e. The Morgan fingerprint density at radius 3 is 2.87 bits per heavy atom. The molecular weight excluding hydrogens is 336 g/mol. The Balaban J connectivity index is 0.00000192. The summed E-state index contributed by atoms with van der Waals surface area (Å²) < 4.78 is 1.50. The number of carbonyl (C=O) groups excluding carboxylic acids is 1. The average Bonchev–Trinajstić information content (AvgIpc) is 3.16. The SMILES string of the molecule is Cl.NCC1(NC(=O)CCn2cnc3sccc3c2=O)CCCC1. The first-order valence-corrected chi connectivity index (χ1v) is 8.45. The monoisotopic (exact) mass is 356 g/mol. The van der Waals surface area contributed by atoms with Gasteiger partial charge in [0.2, 0.25) is 5.91 Å². The average molecular weight is 357 g/mol. The molecule has 1 fully saturated rings. The van der Waals surface area contributed by atoms with E-state index in [0.29, 0.717) is 18.5 Å². The van der Waals surface area contributed by atoms with E-state index in [1.165, 1.54) is 22.2 Å². The zero-order chi connectivity index (χ0) is 15.6. The second kappa shape index (κ2) is 7.42. The molecule has 1 aliphatic carbocycles. The van der Waals surface area contributed by atoms with Crippen molar-refractivity contribution < 1.29 is 4.79 Å². The van der Waals surface area contributed by atoms with E-state index < -0.39 is 0 Å². The molecule has 3 rings (SSSR count). The molecule has 2 aromatic rings. The van der Waals surface area contributed by atoms with Crippen molar-refractivity contribution in [2.24, 2.45) is 5.73 Å². The quantitative estimate of drug-likeness (QED) is 0.852. The van der Waals surface area contributed by atoms with Crippen LogP contribution >= 0.6 is 23.7 Å². The number of nitrogens with one attached hydrogen (secondary N) is 1. The fraction of sp³-hybridized carbons (Fsp3) is 0.533. The van der Waals surface area contributed by atoms with Gasteiger partial charge in [0.05, 0.1) is 17.3 Å². The van der Waals surface area contributed by atoms with E-state index >= 15 is 0 Å². The number of thiophene rings is 1. The molecule has 0 bridgehead atoms. The summed E-state index contributed by atoms with van der Waals surface area (Å²) in [5.41, 5.74) is 5.49. The van der Waals surface area contributed by atoms with Crippen molar-refractivity contribution in [2.45, 2.75) is 44.2 Å². The van der Waals surface area contributed by atoms with Crippen LogP contribution in [0.25, 0.3) is 10.2 Å². The third-order valence-electron chi connectivity index (χ3n) is 4.39. The van der Waals surface area contributed by atoms with Crippen LogP contribution in [0.5, 0.6) is 0 Å². The van der Waals surface area contributed by atoms with Crippen LogP contribution in [0.2, 0.25) is 0 Å². The standard InChI is InChI=1S/C15H20N4O2S.ClH/c16-9-15(5-1-2-6-15)18-12(20)3-7-19-10-17-13-11(14(19)21)4-8-22-13;/h4,8,10H,1-3,5-7,9,16H2,(H,18,20);1H. The van der Waals surface area contributed by atoms with E-state index in [1.807, 2.05) is 5.38 Å². The molecule has 0 spiro atoms. The van der Waals surface area contributed by atoms with E-state index in [1.54, 1.807) is 6.07 Å². The van der Waals surface area contributed by atoms with Gasteiger partial charge in [-0.3, -0.25) is 14.2 Å². The fourth-order valence-corrected chi connectivity index (χ4v) is 3.79. The predicted octanol–water partition coefficient (Wildman–Crippen LogP) is 1.66. The highest BCUT2D eigenvalue weighted by Gasteiger charge is 2.33. The van der Waals surface area contributed by atoms with E-state index in [-0.39, 0.29) is 35.8 Å². The molecule has 6 nitrogen and oxygen atoms in total. The van der Waals surface area contributed by atoms with Crippen LogP contribution < -0.4 is 16.6 Å². The molecule has 1 aliphatic rings. The Hall–Kier alpha value is -1.44. The van der Waals surface area contributed by atoms with E-state index in [4.69, 9.17) is 5.73 Å². The number of aromatic nitrogens is 2. The molecule has 0 atom stereocenters. The first-order valence-electron chi connectivity index (χ1n) is 7.57. The summed E-state index contributed by atoms with van der Waals surface area (Å²) in [4.78, 5) is 29.4. The maximum absolute atomic E-state index is 12.2. The van der Waals surface area contributed by atoms with Crippen molar-refractivity contribution in [3.63, 3.8) is 0 Å². The van der Waals surface area contributed by atoms with Crippen LogP contribution in [0.3, 0.4) is 0 Å². The number of fused-ring (bicyclic) bond motifs is 1. The number of nitrogens with zero attached hydrogens (tertiary/aromatic N) is 2. The minimum Gasteiger partial charge on any atom is -0.349 e. The van der Waals surface area contributed by atoms with Gasteiger partial charge < -0.3 is 11.1 Å². The summed E-state index contributed by atoms with van der Waals surface area (Å²) in [6.45, 7) is 0.811. The molecule has 2 aromatic heterocycles. The molecule has 0 aliphatic heterocycles. The summed E-state index contributed by atoms with van der Waals surface area (Å²) >= 11 is 1.44. The van der Waals surface area contributed by atoms with Gasteiger partial charge in [-0.15, -0.1) is 23.7 Å². The molecule has 0 aromatic carbocycles. The maximum Gasteiger partial charge on any atom is 0.262 e. The lowest BCUT2D eigenvalue weighted by Gasteiger charge is -2.28. The lowest BCUT2D eigenvalue weighted by Crippen LogP contribution is -2.51. The fourth-order valence-electron chi connectivity index (χ4n) is 3.06. The Bertz CT molecular complexity index is 736. The van der Waals surface area contributed by atoms with Gasteiger partial charge in [0.15, 0.2) is 0 Å². The highest BCUT2D eigenvalue weighted by molar-refractivity contribution is 7.16. The van der Waals surface area contributed by atoms with Crippen LogP contribution in [0.15, 0.2) is 22.6 Å². The molecule has 3 N–H and O–H groups in total. The molecule has 1 amide bonds. The highest BCUT2D eigenvalue weighted by Crippen LogP contribution is 2.28. The number of aryl methyl sites for hydroxylation is 1. The van der Waals surface area contributed by atoms with Crippen molar-refractivity contribution in [2.75, 3.05) is 6.54 Å². The van der Waals surface area contributed by atoms with E-state index in [2.05, 4.69) is 10.3 Å². The summed E-state index contributed by atoms with van der Waals surface area (Å²) in [6, 6.07) is 1.77. The maximum atomic E-state index is 12.2. The minimum atomic E-state index is -0.238. The topological polar surface area (TPSA) is 90.0 Å². The Kier molecular flexibility index (Phi) is 5.78. The largest absolute Gasteiger partial charge is 0.349 e. The minimum absolute atomic E-state index is 0. The molecule has 2 heterocycles. The van der Waals surface area contributed by atoms with Gasteiger partial charge in [0.25, 0.3) is 5.56 Å². The number of hydrogen-bond donors (Lipinski definition) is 2. The summed E-state index contributed by atoms with van der Waals surface area (Å²) in [6.07, 6.45) is 5.88. The highest BCUT2D eigenvalue weighted by atomic mass is 35.5. The number of nitrogens with two attached hydrogens (primary N) is 1. The van der Waals surface area contributed by atoms with Crippen LogP contribution in [-0.4, -0.2) is 27.5 Å². The second-order valence-corrected chi connectivity index (χ2v) is 6.77. The van der Waals surface area contributed by atoms with E-state index in [0.717, 1.165) is 30.5 Å². The van der Waals surface area contributed by atoms with Gasteiger partial charge in [-0.1, -0.05) is 12.8 Å². The van der Waals surface area contributed by atoms with E-state index in [9.17, 15) is 9.59 Å². The number of rotatable bonds is 5. The predicted molar refractivity (Wildman–Crippen MR) is 94.1 cm³/mol. The van der Waals surface area contributed by atoms with Gasteiger partial charge in [0.1, 0.15) is 4.83 Å². The Morgan fingerprint density at radius 2 is 2.17 bits per heavy atom. The normalized spacial score (nSPS) is 16.2. The first kappa shape index (κ1) is 17.9. The van der Waals surface area contributed by atoms with Crippen molar-refractivity contribution in [1.82, 2.24) is 14.9 Å². The summed E-state index contributed by atoms with van der Waals surface area (Å²) in [5.74, 6) is -0.0512. The molecular formula is C15H21ClN4O2S. The zero-order valence-corrected chi connectivity index (χ0v) is 14.4. The van der Waals surface area contributed by atoms with Crippen molar-refractivity contribution in [3.05, 3.63) is 28.1 Å². The van der Waals surface area contributed by atoms with Gasteiger partial charge in [-0.2, -0.15) is 0 Å². The third kappa shape index (κ3) is 3.73. The third-order valence-corrected chi connectivity index (χ3v) is 5.21. The number of carbonyl (C=O) groups is 1. The van der Waals surface area contributed by atoms with Gasteiger partial charge in [-0.05, 0) is 24.3 Å². The molecule has 0 saturated heterocycles. The molecule has 23 heavy (non-hydrogen) atoms. The lowest BCUT2D eigenvalue weighted by molar-refractivity contribution is -0.123. The lowest BCUT2D eigenvalue weighted by atomic mass is 9.97. The van der Waals surface area contributed by atoms with Crippen LogP contribution in [-0.2, 0) is 11.3 Å². The second-order valence-electron chi connectivity index (χ2n) is 5.87. The number of amides is 1. The molecule has 8 heteroatoms. The summed E-state index contributed by atoms with van der Waals surface area (Å²) in [7, 11) is 0. The summed E-state index contributed by atoms with van der Waals surface area (Å²) in [5, 5.41) is 5.53. The van der Waals surface area contributed by atoms with Crippen LogP contribution in [0.1, 0.15) is 32.1 Å². The van der Waals surface area contributed by atoms with Crippen molar-refractivity contribution in [1.29, 1.82) is 0 Å². The van der Waals surface area contributed by atoms with Crippen LogP contribution in [0.4, 0.5) is 0 Å². The molecule has 1 saturated carbocycles. The Morgan fingerprint density at radius 1 is 1.43 bits per heavy atom.